The molecule has 0 saturated heterocycles. The zero-order valence-electron chi connectivity index (χ0n) is 14.5. The molecular weight excluding hydrogens is 415 g/mol. The van der Waals surface area contributed by atoms with Crippen molar-refractivity contribution < 1.29 is 40.8 Å². The Bertz CT molecular complexity index is 1060. The lowest BCUT2D eigenvalue weighted by Crippen LogP contribution is -2.33. The van der Waals surface area contributed by atoms with Crippen LogP contribution in [0.2, 0.25) is 0 Å². The van der Waals surface area contributed by atoms with Gasteiger partial charge in [0.15, 0.2) is 15.6 Å². The van der Waals surface area contributed by atoms with Gasteiger partial charge in [0.05, 0.1) is 22.4 Å². The van der Waals surface area contributed by atoms with Gasteiger partial charge >= 0.3 is 12.1 Å². The number of nitrogens with zero attached hydrogens (tertiary/aromatic N) is 1. The second-order valence-electron chi connectivity index (χ2n) is 6.11. The van der Waals surface area contributed by atoms with E-state index in [9.17, 15) is 36.0 Å². The van der Waals surface area contributed by atoms with E-state index >= 15 is 0 Å². The summed E-state index contributed by atoms with van der Waals surface area (Å²) in [5.41, 5.74) is 0.395. The summed E-state index contributed by atoms with van der Waals surface area (Å²) in [6, 6.07) is 10.1. The minimum Gasteiger partial charge on any atom is -0.329 e. The van der Waals surface area contributed by atoms with E-state index in [0.717, 1.165) is 24.3 Å². The lowest BCUT2D eigenvalue weighted by molar-refractivity contribution is -0.167. The quantitative estimate of drug-likeness (QED) is 0.680. The Hall–Kier alpha value is -3.21. The standard InChI is InChI=1S/C18H12F3NO6S/c19-18(20,21)10-29(26,27)12-7-5-11(6-8-12)9-15(23)28-22-16(24)13-3-1-2-4-14(13)17(22)25/h1-8H,9-10H2. The van der Waals surface area contributed by atoms with Crippen LogP contribution in [0.15, 0.2) is 53.4 Å². The van der Waals surface area contributed by atoms with E-state index in [1.165, 1.54) is 12.1 Å². The number of sulfone groups is 1. The first-order valence-corrected chi connectivity index (χ1v) is 9.70. The van der Waals surface area contributed by atoms with Crippen LogP contribution >= 0.6 is 0 Å². The fourth-order valence-electron chi connectivity index (χ4n) is 2.66. The van der Waals surface area contributed by atoms with Crippen molar-refractivity contribution in [3.05, 3.63) is 65.2 Å². The molecule has 11 heteroatoms. The van der Waals surface area contributed by atoms with Gasteiger partial charge in [0, 0.05) is 0 Å². The Balaban J connectivity index is 1.66. The van der Waals surface area contributed by atoms with Gasteiger partial charge in [-0.05, 0) is 29.8 Å². The van der Waals surface area contributed by atoms with E-state index in [1.54, 1.807) is 12.1 Å². The summed E-state index contributed by atoms with van der Waals surface area (Å²) in [7, 11) is -4.57. The summed E-state index contributed by atoms with van der Waals surface area (Å²) < 4.78 is 60.4. The summed E-state index contributed by atoms with van der Waals surface area (Å²) in [5, 5.41) is 0.329. The van der Waals surface area contributed by atoms with Crippen LogP contribution in [0.1, 0.15) is 26.3 Å². The number of imide groups is 1. The average Bonchev–Trinajstić information content (AvgIpc) is 2.85. The summed E-state index contributed by atoms with van der Waals surface area (Å²) in [5.74, 6) is -4.58. The van der Waals surface area contributed by atoms with Crippen molar-refractivity contribution in [2.75, 3.05) is 5.75 Å². The first-order chi connectivity index (χ1) is 13.5. The molecule has 0 unspecified atom stereocenters. The van der Waals surface area contributed by atoms with Gasteiger partial charge in [0.25, 0.3) is 11.8 Å². The van der Waals surface area contributed by atoms with Gasteiger partial charge in [-0.25, -0.2) is 13.2 Å². The van der Waals surface area contributed by atoms with E-state index in [1.807, 2.05) is 0 Å². The number of rotatable bonds is 5. The number of alkyl halides is 3. The van der Waals surface area contributed by atoms with Gasteiger partial charge in [-0.3, -0.25) is 9.59 Å². The predicted molar refractivity (Wildman–Crippen MR) is 91.3 cm³/mol. The van der Waals surface area contributed by atoms with Crippen molar-refractivity contribution >= 4 is 27.6 Å². The Morgan fingerprint density at radius 2 is 1.45 bits per heavy atom. The smallest absolute Gasteiger partial charge is 0.329 e. The van der Waals surface area contributed by atoms with Crippen LogP contribution in [0.3, 0.4) is 0 Å². The molecule has 0 aromatic heterocycles. The Kier molecular flexibility index (Phi) is 5.18. The highest BCUT2D eigenvalue weighted by Gasteiger charge is 2.39. The third-order valence-electron chi connectivity index (χ3n) is 3.93. The summed E-state index contributed by atoms with van der Waals surface area (Å²) in [4.78, 5) is 40.6. The summed E-state index contributed by atoms with van der Waals surface area (Å²) in [6.45, 7) is 0. The molecule has 0 spiro atoms. The molecule has 2 aromatic rings. The van der Waals surface area contributed by atoms with Crippen LogP contribution in [0.4, 0.5) is 13.2 Å². The number of carbonyl (C=O) groups excluding carboxylic acids is 3. The Morgan fingerprint density at radius 1 is 0.931 bits per heavy atom. The van der Waals surface area contributed by atoms with Gasteiger partial charge < -0.3 is 4.84 Å². The van der Waals surface area contributed by atoms with Crippen molar-refractivity contribution in [2.24, 2.45) is 0 Å². The normalized spacial score (nSPS) is 14.1. The molecule has 2 aromatic carbocycles. The molecule has 0 saturated carbocycles. The largest absolute Gasteiger partial charge is 0.403 e. The van der Waals surface area contributed by atoms with E-state index in [4.69, 9.17) is 4.84 Å². The molecule has 0 fully saturated rings. The maximum absolute atomic E-state index is 12.3. The van der Waals surface area contributed by atoms with Crippen molar-refractivity contribution in [2.45, 2.75) is 17.5 Å². The number of benzene rings is 2. The first kappa shape index (κ1) is 20.5. The molecule has 29 heavy (non-hydrogen) atoms. The molecule has 152 valence electrons. The highest BCUT2D eigenvalue weighted by molar-refractivity contribution is 7.91. The maximum atomic E-state index is 12.3. The molecule has 2 amide bonds. The van der Waals surface area contributed by atoms with E-state index in [0.29, 0.717) is 5.06 Å². The number of halogens is 3. The molecular formula is C18H12F3NO6S. The van der Waals surface area contributed by atoms with E-state index in [2.05, 4.69) is 0 Å². The third kappa shape index (κ3) is 4.45. The monoisotopic (exact) mass is 427 g/mol. The molecule has 1 aliphatic heterocycles. The van der Waals surface area contributed by atoms with Crippen LogP contribution in [-0.4, -0.2) is 43.2 Å². The van der Waals surface area contributed by atoms with Crippen LogP contribution in [0, 0.1) is 0 Å². The van der Waals surface area contributed by atoms with E-state index in [-0.39, 0.29) is 16.7 Å². The second kappa shape index (κ2) is 7.32. The number of hydrogen-bond donors (Lipinski definition) is 0. The van der Waals surface area contributed by atoms with Gasteiger partial charge in [0.1, 0.15) is 0 Å². The number of hydrogen-bond acceptors (Lipinski definition) is 6. The molecule has 0 radical (unpaired) electrons. The van der Waals surface area contributed by atoms with Crippen LogP contribution in [-0.2, 0) is 25.9 Å². The van der Waals surface area contributed by atoms with E-state index < -0.39 is 50.9 Å². The number of carbonyl (C=O) groups is 3. The zero-order valence-corrected chi connectivity index (χ0v) is 15.3. The van der Waals surface area contributed by atoms with Crippen LogP contribution in [0.25, 0.3) is 0 Å². The molecule has 3 rings (SSSR count). The summed E-state index contributed by atoms with van der Waals surface area (Å²) in [6.07, 6.45) is -5.32. The fraction of sp³-hybridized carbons (Fsp3) is 0.167. The van der Waals surface area contributed by atoms with Crippen LogP contribution in [0.5, 0.6) is 0 Å². The minimum atomic E-state index is -4.88. The highest BCUT2D eigenvalue weighted by Crippen LogP contribution is 2.24. The van der Waals surface area contributed by atoms with Gasteiger partial charge in [-0.2, -0.15) is 13.2 Å². The number of hydroxylamine groups is 2. The fourth-order valence-corrected chi connectivity index (χ4v) is 3.81. The molecule has 1 heterocycles. The van der Waals surface area contributed by atoms with Gasteiger partial charge in [-0.15, -0.1) is 0 Å². The molecule has 0 aliphatic carbocycles. The third-order valence-corrected chi connectivity index (χ3v) is 5.63. The topological polar surface area (TPSA) is 97.8 Å². The Labute approximate surface area is 162 Å². The highest BCUT2D eigenvalue weighted by atomic mass is 32.2. The Morgan fingerprint density at radius 3 is 1.93 bits per heavy atom. The van der Waals surface area contributed by atoms with Gasteiger partial charge in [0.2, 0.25) is 0 Å². The number of amides is 2. The lowest BCUT2D eigenvalue weighted by Gasteiger charge is -2.13. The predicted octanol–water partition coefficient (Wildman–Crippen LogP) is 2.32. The van der Waals surface area contributed by atoms with Crippen molar-refractivity contribution in [3.63, 3.8) is 0 Å². The van der Waals surface area contributed by atoms with Crippen molar-refractivity contribution in [3.8, 4) is 0 Å². The summed E-state index contributed by atoms with van der Waals surface area (Å²) >= 11 is 0. The SMILES string of the molecule is O=C(Cc1ccc(S(=O)(=O)CC(F)(F)F)cc1)ON1C(=O)c2ccccc2C1=O. The maximum Gasteiger partial charge on any atom is 0.403 e. The number of fused-ring (bicyclic) bond motifs is 1. The molecule has 0 atom stereocenters. The molecule has 1 aliphatic rings. The zero-order chi connectivity index (χ0) is 21.4. The van der Waals surface area contributed by atoms with Crippen molar-refractivity contribution in [1.82, 2.24) is 5.06 Å². The average molecular weight is 427 g/mol. The van der Waals surface area contributed by atoms with Gasteiger partial charge in [-0.1, -0.05) is 29.3 Å². The second-order valence-corrected chi connectivity index (χ2v) is 8.10. The van der Waals surface area contributed by atoms with Crippen molar-refractivity contribution in [1.29, 1.82) is 0 Å². The first-order valence-electron chi connectivity index (χ1n) is 8.05. The molecule has 0 N–H and O–H groups in total. The minimum absolute atomic E-state index is 0.0875. The molecule has 0 bridgehead atoms. The molecule has 7 nitrogen and oxygen atoms in total. The van der Waals surface area contributed by atoms with Crippen LogP contribution < -0.4 is 0 Å². The lowest BCUT2D eigenvalue weighted by atomic mass is 10.1.